The van der Waals surface area contributed by atoms with E-state index in [1.54, 1.807) is 0 Å². The molecular weight excluding hydrogens is 420 g/mol. The molecule has 0 spiro atoms. The first-order valence-corrected chi connectivity index (χ1v) is 12.1. The molecule has 0 atom stereocenters. The van der Waals surface area contributed by atoms with Crippen LogP contribution in [0.3, 0.4) is 0 Å². The van der Waals surface area contributed by atoms with Gasteiger partial charge in [-0.25, -0.2) is 0 Å². The SMILES string of the molecule is CC1(C)c2ccccc2Oc2cc(-c3ccc(-c4ccc(-c5ccccc5)cc4)s3)ccc21. The topological polar surface area (TPSA) is 9.23 Å². The van der Waals surface area contributed by atoms with E-state index in [9.17, 15) is 0 Å². The van der Waals surface area contributed by atoms with Gasteiger partial charge >= 0.3 is 0 Å². The van der Waals surface area contributed by atoms with E-state index in [1.807, 2.05) is 17.4 Å². The van der Waals surface area contributed by atoms with Gasteiger partial charge in [0.25, 0.3) is 0 Å². The minimum atomic E-state index is -0.0795. The van der Waals surface area contributed by atoms with Gasteiger partial charge in [-0.15, -0.1) is 11.3 Å². The molecule has 0 amide bonds. The Labute approximate surface area is 199 Å². The smallest absolute Gasteiger partial charge is 0.132 e. The molecule has 2 heterocycles. The summed E-state index contributed by atoms with van der Waals surface area (Å²) in [4.78, 5) is 2.52. The Kier molecular flexibility index (Phi) is 4.70. The fraction of sp³-hybridized carbons (Fsp3) is 0.0968. The van der Waals surface area contributed by atoms with Crippen molar-refractivity contribution in [2.45, 2.75) is 19.3 Å². The molecule has 2 heteroatoms. The lowest BCUT2D eigenvalue weighted by molar-refractivity contribution is 0.418. The molecule has 4 aromatic carbocycles. The molecule has 33 heavy (non-hydrogen) atoms. The Hall–Kier alpha value is -3.62. The van der Waals surface area contributed by atoms with Crippen LogP contribution in [-0.4, -0.2) is 0 Å². The summed E-state index contributed by atoms with van der Waals surface area (Å²) in [6, 6.07) is 38.8. The van der Waals surface area contributed by atoms with Gasteiger partial charge in [0.15, 0.2) is 0 Å². The van der Waals surface area contributed by atoms with E-state index < -0.39 is 0 Å². The number of rotatable bonds is 3. The van der Waals surface area contributed by atoms with Crippen LogP contribution in [0.1, 0.15) is 25.0 Å². The van der Waals surface area contributed by atoms with E-state index in [-0.39, 0.29) is 5.41 Å². The second-order valence-corrected chi connectivity index (χ2v) is 10.1. The van der Waals surface area contributed by atoms with E-state index in [1.165, 1.54) is 43.1 Å². The highest BCUT2D eigenvalue weighted by Crippen LogP contribution is 2.49. The van der Waals surface area contributed by atoms with E-state index >= 15 is 0 Å². The maximum absolute atomic E-state index is 6.33. The second kappa shape index (κ2) is 7.75. The van der Waals surface area contributed by atoms with Crippen LogP contribution in [0.25, 0.3) is 32.0 Å². The second-order valence-electron chi connectivity index (χ2n) is 9.04. The molecule has 0 fully saturated rings. The number of fused-ring (bicyclic) bond motifs is 2. The van der Waals surface area contributed by atoms with Gasteiger partial charge in [0.1, 0.15) is 11.5 Å². The van der Waals surface area contributed by atoms with Crippen LogP contribution in [0.15, 0.2) is 109 Å². The number of hydrogen-bond acceptors (Lipinski definition) is 2. The molecule has 1 nitrogen and oxygen atoms in total. The molecule has 0 unspecified atom stereocenters. The molecule has 1 aliphatic rings. The minimum absolute atomic E-state index is 0.0795. The van der Waals surface area contributed by atoms with Crippen molar-refractivity contribution in [1.82, 2.24) is 0 Å². The Morgan fingerprint density at radius 1 is 0.515 bits per heavy atom. The first-order chi connectivity index (χ1) is 16.1. The van der Waals surface area contributed by atoms with Gasteiger partial charge in [0.05, 0.1) is 0 Å². The Bertz CT molecular complexity index is 1440. The van der Waals surface area contributed by atoms with Crippen LogP contribution in [0, 0.1) is 0 Å². The van der Waals surface area contributed by atoms with Crippen molar-refractivity contribution in [3.05, 3.63) is 120 Å². The highest BCUT2D eigenvalue weighted by molar-refractivity contribution is 7.18. The van der Waals surface area contributed by atoms with Crippen molar-refractivity contribution < 1.29 is 4.74 Å². The first kappa shape index (κ1) is 20.0. The Morgan fingerprint density at radius 2 is 1.09 bits per heavy atom. The molecule has 1 aliphatic heterocycles. The molecule has 0 bridgehead atoms. The molecule has 160 valence electrons. The van der Waals surface area contributed by atoms with Crippen LogP contribution in [0.2, 0.25) is 0 Å². The monoisotopic (exact) mass is 444 g/mol. The molecule has 0 radical (unpaired) electrons. The number of para-hydroxylation sites is 1. The molecule has 0 aliphatic carbocycles. The summed E-state index contributed by atoms with van der Waals surface area (Å²) in [5.41, 5.74) is 7.32. The quantitative estimate of drug-likeness (QED) is 0.269. The highest BCUT2D eigenvalue weighted by Gasteiger charge is 2.34. The number of thiophene rings is 1. The lowest BCUT2D eigenvalue weighted by atomic mass is 9.75. The van der Waals surface area contributed by atoms with Gasteiger partial charge in [-0.1, -0.05) is 98.8 Å². The number of hydrogen-bond donors (Lipinski definition) is 0. The average molecular weight is 445 g/mol. The summed E-state index contributed by atoms with van der Waals surface area (Å²) >= 11 is 1.82. The molecule has 0 N–H and O–H groups in total. The molecule has 0 saturated carbocycles. The van der Waals surface area contributed by atoms with E-state index in [0.29, 0.717) is 0 Å². The van der Waals surface area contributed by atoms with Crippen molar-refractivity contribution in [3.8, 4) is 43.5 Å². The van der Waals surface area contributed by atoms with E-state index in [0.717, 1.165) is 11.5 Å². The normalized spacial score (nSPS) is 13.6. The summed E-state index contributed by atoms with van der Waals surface area (Å²) in [6.45, 7) is 4.55. The maximum Gasteiger partial charge on any atom is 0.132 e. The first-order valence-electron chi connectivity index (χ1n) is 11.3. The summed E-state index contributed by atoms with van der Waals surface area (Å²) in [5, 5.41) is 0. The van der Waals surface area contributed by atoms with Crippen molar-refractivity contribution in [2.75, 3.05) is 0 Å². The van der Waals surface area contributed by atoms with Gasteiger partial charge in [-0.2, -0.15) is 0 Å². The molecular formula is C31H24OS. The third-order valence-electron chi connectivity index (χ3n) is 6.60. The molecule has 1 aromatic heterocycles. The Balaban J connectivity index is 1.31. The third kappa shape index (κ3) is 3.48. The predicted octanol–water partition coefficient (Wildman–Crippen LogP) is 9.18. The largest absolute Gasteiger partial charge is 0.457 e. The van der Waals surface area contributed by atoms with E-state index in [2.05, 4.69) is 117 Å². The van der Waals surface area contributed by atoms with Gasteiger partial charge in [-0.05, 0) is 46.5 Å². The highest BCUT2D eigenvalue weighted by atomic mass is 32.1. The maximum atomic E-state index is 6.33. The van der Waals surface area contributed by atoms with Gasteiger partial charge in [-0.3, -0.25) is 0 Å². The lowest BCUT2D eigenvalue weighted by Gasteiger charge is -2.34. The van der Waals surface area contributed by atoms with Gasteiger partial charge in [0, 0.05) is 26.3 Å². The molecule has 0 saturated heterocycles. The van der Waals surface area contributed by atoms with Crippen LogP contribution in [0.5, 0.6) is 11.5 Å². The van der Waals surface area contributed by atoms with Crippen LogP contribution >= 0.6 is 11.3 Å². The number of benzene rings is 4. The van der Waals surface area contributed by atoms with Crippen molar-refractivity contribution in [1.29, 1.82) is 0 Å². The zero-order valence-corrected chi connectivity index (χ0v) is 19.5. The minimum Gasteiger partial charge on any atom is -0.457 e. The summed E-state index contributed by atoms with van der Waals surface area (Å²) in [7, 11) is 0. The predicted molar refractivity (Wildman–Crippen MR) is 139 cm³/mol. The fourth-order valence-corrected chi connectivity index (χ4v) is 5.73. The summed E-state index contributed by atoms with van der Waals surface area (Å²) < 4.78 is 6.33. The zero-order chi connectivity index (χ0) is 22.4. The summed E-state index contributed by atoms with van der Waals surface area (Å²) in [6.07, 6.45) is 0. The molecule has 5 aromatic rings. The van der Waals surface area contributed by atoms with Crippen molar-refractivity contribution in [3.63, 3.8) is 0 Å². The standard InChI is InChI=1S/C31H24OS/c1-31(2)25-10-6-7-11-27(25)32-28-20-24(16-17-26(28)31)30-19-18-29(33-30)23-14-12-22(13-15-23)21-8-4-3-5-9-21/h3-20H,1-2H3. The van der Waals surface area contributed by atoms with Crippen LogP contribution in [-0.2, 0) is 5.41 Å². The Morgan fingerprint density at radius 3 is 1.88 bits per heavy atom. The van der Waals surface area contributed by atoms with Crippen LogP contribution < -0.4 is 4.74 Å². The lowest BCUT2D eigenvalue weighted by Crippen LogP contribution is -2.24. The molecule has 6 rings (SSSR count). The van der Waals surface area contributed by atoms with E-state index in [4.69, 9.17) is 4.74 Å². The summed E-state index contributed by atoms with van der Waals surface area (Å²) in [5.74, 6) is 1.91. The van der Waals surface area contributed by atoms with Crippen molar-refractivity contribution in [2.24, 2.45) is 0 Å². The van der Waals surface area contributed by atoms with Gasteiger partial charge < -0.3 is 4.74 Å². The average Bonchev–Trinajstić information content (AvgIpc) is 3.35. The third-order valence-corrected chi connectivity index (χ3v) is 7.79. The zero-order valence-electron chi connectivity index (χ0n) is 18.7. The number of ether oxygens (including phenoxy) is 1. The fourth-order valence-electron chi connectivity index (χ4n) is 4.72. The van der Waals surface area contributed by atoms with Crippen LogP contribution in [0.4, 0.5) is 0 Å². The van der Waals surface area contributed by atoms with Gasteiger partial charge in [0.2, 0.25) is 0 Å². The van der Waals surface area contributed by atoms with Crippen molar-refractivity contribution >= 4 is 11.3 Å².